The molecule has 0 aliphatic carbocycles. The fourth-order valence-electron chi connectivity index (χ4n) is 2.16. The van der Waals surface area contributed by atoms with E-state index in [1.54, 1.807) is 7.11 Å². The highest BCUT2D eigenvalue weighted by Crippen LogP contribution is 2.24. The average Bonchev–Trinajstić information content (AvgIpc) is 2.40. The van der Waals surface area contributed by atoms with Crippen LogP contribution in [-0.2, 0) is 9.53 Å². The van der Waals surface area contributed by atoms with Gasteiger partial charge in [0.25, 0.3) is 0 Å². The van der Waals surface area contributed by atoms with Crippen molar-refractivity contribution in [2.45, 2.75) is 19.3 Å². The average molecular weight is 249 g/mol. The molecule has 2 rings (SSSR count). The molecule has 0 aromatic heterocycles. The molecular weight excluding hydrogens is 230 g/mol. The first kappa shape index (κ1) is 12.9. The van der Waals surface area contributed by atoms with Crippen LogP contribution in [0.3, 0.4) is 0 Å². The molecule has 1 amide bonds. The second-order valence-electron chi connectivity index (χ2n) is 4.51. The molecule has 4 heteroatoms. The van der Waals surface area contributed by atoms with Gasteiger partial charge in [-0.1, -0.05) is 12.1 Å². The van der Waals surface area contributed by atoms with E-state index in [1.807, 2.05) is 24.3 Å². The summed E-state index contributed by atoms with van der Waals surface area (Å²) < 4.78 is 10.5. The monoisotopic (exact) mass is 249 g/mol. The molecule has 1 fully saturated rings. The fraction of sp³-hybridized carbons (Fsp3) is 0.500. The highest BCUT2D eigenvalue weighted by molar-refractivity contribution is 5.92. The number of nitrogens with one attached hydrogen (secondary N) is 1. The molecule has 0 bridgehead atoms. The molecule has 18 heavy (non-hydrogen) atoms. The summed E-state index contributed by atoms with van der Waals surface area (Å²) in [6.45, 7) is 1.54. The number of rotatable bonds is 4. The van der Waals surface area contributed by atoms with Crippen molar-refractivity contribution in [2.24, 2.45) is 5.92 Å². The number of para-hydroxylation sites is 2. The normalized spacial score (nSPS) is 16.3. The topological polar surface area (TPSA) is 47.6 Å². The van der Waals surface area contributed by atoms with E-state index in [0.717, 1.165) is 31.7 Å². The summed E-state index contributed by atoms with van der Waals surface area (Å²) in [6.07, 6.45) is 2.50. The van der Waals surface area contributed by atoms with Crippen LogP contribution in [0.4, 0.5) is 5.69 Å². The Hall–Kier alpha value is -1.55. The molecule has 0 saturated carbocycles. The van der Waals surface area contributed by atoms with Crippen LogP contribution >= 0.6 is 0 Å². The first-order valence-electron chi connectivity index (χ1n) is 6.30. The first-order valence-corrected chi connectivity index (χ1v) is 6.30. The maximum atomic E-state index is 11.9. The van der Waals surface area contributed by atoms with Gasteiger partial charge in [-0.2, -0.15) is 0 Å². The fourth-order valence-corrected chi connectivity index (χ4v) is 2.16. The Balaban J connectivity index is 1.90. The van der Waals surface area contributed by atoms with Crippen LogP contribution in [0.1, 0.15) is 19.3 Å². The highest BCUT2D eigenvalue weighted by Gasteiger charge is 2.18. The van der Waals surface area contributed by atoms with Crippen molar-refractivity contribution in [3.05, 3.63) is 24.3 Å². The summed E-state index contributed by atoms with van der Waals surface area (Å²) in [5.41, 5.74) is 0.733. The molecule has 1 aromatic carbocycles. The van der Waals surface area contributed by atoms with Crippen LogP contribution in [0, 0.1) is 5.92 Å². The lowest BCUT2D eigenvalue weighted by atomic mass is 9.96. The number of carbonyl (C=O) groups is 1. The molecule has 0 radical (unpaired) electrons. The van der Waals surface area contributed by atoms with Gasteiger partial charge in [-0.3, -0.25) is 4.79 Å². The van der Waals surface area contributed by atoms with Gasteiger partial charge in [0.05, 0.1) is 12.8 Å². The zero-order valence-electron chi connectivity index (χ0n) is 10.6. The minimum Gasteiger partial charge on any atom is -0.495 e. The van der Waals surface area contributed by atoms with Crippen LogP contribution in [0.2, 0.25) is 0 Å². The molecule has 1 saturated heterocycles. The quantitative estimate of drug-likeness (QED) is 0.891. The van der Waals surface area contributed by atoms with E-state index in [4.69, 9.17) is 9.47 Å². The highest BCUT2D eigenvalue weighted by atomic mass is 16.5. The molecular formula is C14H19NO3. The van der Waals surface area contributed by atoms with E-state index in [2.05, 4.69) is 5.32 Å². The van der Waals surface area contributed by atoms with Crippen molar-refractivity contribution >= 4 is 11.6 Å². The van der Waals surface area contributed by atoms with Crippen molar-refractivity contribution in [1.29, 1.82) is 0 Å². The number of hydrogen-bond donors (Lipinski definition) is 1. The summed E-state index contributed by atoms with van der Waals surface area (Å²) in [6, 6.07) is 7.45. The first-order chi connectivity index (χ1) is 8.79. The van der Waals surface area contributed by atoms with Gasteiger partial charge in [-0.15, -0.1) is 0 Å². The van der Waals surface area contributed by atoms with Crippen molar-refractivity contribution in [3.8, 4) is 5.75 Å². The third-order valence-electron chi connectivity index (χ3n) is 3.20. The number of anilines is 1. The van der Waals surface area contributed by atoms with Gasteiger partial charge < -0.3 is 14.8 Å². The van der Waals surface area contributed by atoms with E-state index >= 15 is 0 Å². The van der Waals surface area contributed by atoms with Gasteiger partial charge in [-0.25, -0.2) is 0 Å². The number of hydrogen-bond acceptors (Lipinski definition) is 3. The summed E-state index contributed by atoms with van der Waals surface area (Å²) in [4.78, 5) is 11.9. The van der Waals surface area contributed by atoms with Crippen molar-refractivity contribution in [3.63, 3.8) is 0 Å². The Morgan fingerprint density at radius 2 is 2.11 bits per heavy atom. The molecule has 4 nitrogen and oxygen atoms in total. The van der Waals surface area contributed by atoms with Crippen LogP contribution in [0.5, 0.6) is 5.75 Å². The molecule has 0 unspecified atom stereocenters. The van der Waals surface area contributed by atoms with Crippen molar-refractivity contribution < 1.29 is 14.3 Å². The Morgan fingerprint density at radius 3 is 2.83 bits per heavy atom. The summed E-state index contributed by atoms with van der Waals surface area (Å²) in [5.74, 6) is 1.18. The minimum absolute atomic E-state index is 0.0476. The zero-order valence-corrected chi connectivity index (χ0v) is 10.6. The molecule has 1 N–H and O–H groups in total. The summed E-state index contributed by atoms with van der Waals surface area (Å²) >= 11 is 0. The predicted molar refractivity (Wildman–Crippen MR) is 69.8 cm³/mol. The van der Waals surface area contributed by atoms with Gasteiger partial charge in [0.1, 0.15) is 5.75 Å². The second-order valence-corrected chi connectivity index (χ2v) is 4.51. The van der Waals surface area contributed by atoms with E-state index in [0.29, 0.717) is 18.1 Å². The molecule has 1 aliphatic rings. The lowest BCUT2D eigenvalue weighted by Gasteiger charge is -2.21. The summed E-state index contributed by atoms with van der Waals surface area (Å²) in [5, 5.41) is 2.90. The molecule has 0 spiro atoms. The lowest BCUT2D eigenvalue weighted by Crippen LogP contribution is -2.22. The number of benzene rings is 1. The largest absolute Gasteiger partial charge is 0.495 e. The SMILES string of the molecule is COc1ccccc1NC(=O)CC1CCOCC1. The minimum atomic E-state index is 0.0476. The van der Waals surface area contributed by atoms with E-state index < -0.39 is 0 Å². The van der Waals surface area contributed by atoms with Gasteiger partial charge in [0, 0.05) is 19.6 Å². The van der Waals surface area contributed by atoms with Crippen LogP contribution in [0.25, 0.3) is 0 Å². The third kappa shape index (κ3) is 3.47. The standard InChI is InChI=1S/C14H19NO3/c1-17-13-5-3-2-4-12(13)15-14(16)10-11-6-8-18-9-7-11/h2-5,11H,6-10H2,1H3,(H,15,16). The second kappa shape index (κ2) is 6.40. The number of methoxy groups -OCH3 is 1. The molecule has 1 aromatic rings. The molecule has 1 heterocycles. The maximum absolute atomic E-state index is 11.9. The number of carbonyl (C=O) groups excluding carboxylic acids is 1. The van der Waals surface area contributed by atoms with E-state index in [-0.39, 0.29) is 5.91 Å². The summed E-state index contributed by atoms with van der Waals surface area (Å²) in [7, 11) is 1.60. The van der Waals surface area contributed by atoms with Gasteiger partial charge >= 0.3 is 0 Å². The van der Waals surface area contributed by atoms with Crippen molar-refractivity contribution in [1.82, 2.24) is 0 Å². The Labute approximate surface area is 107 Å². The predicted octanol–water partition coefficient (Wildman–Crippen LogP) is 2.45. The smallest absolute Gasteiger partial charge is 0.224 e. The van der Waals surface area contributed by atoms with Gasteiger partial charge in [0.15, 0.2) is 0 Å². The molecule has 98 valence electrons. The van der Waals surface area contributed by atoms with Crippen LogP contribution in [0.15, 0.2) is 24.3 Å². The van der Waals surface area contributed by atoms with E-state index in [1.165, 1.54) is 0 Å². The lowest BCUT2D eigenvalue weighted by molar-refractivity contribution is -0.117. The van der Waals surface area contributed by atoms with Crippen LogP contribution < -0.4 is 10.1 Å². The zero-order chi connectivity index (χ0) is 12.8. The van der Waals surface area contributed by atoms with E-state index in [9.17, 15) is 4.79 Å². The van der Waals surface area contributed by atoms with Gasteiger partial charge in [-0.05, 0) is 30.9 Å². The van der Waals surface area contributed by atoms with Gasteiger partial charge in [0.2, 0.25) is 5.91 Å². The Morgan fingerprint density at radius 1 is 1.39 bits per heavy atom. The Bertz CT molecular complexity index is 400. The molecule has 0 atom stereocenters. The third-order valence-corrected chi connectivity index (χ3v) is 3.20. The number of amides is 1. The maximum Gasteiger partial charge on any atom is 0.224 e. The van der Waals surface area contributed by atoms with Crippen molar-refractivity contribution in [2.75, 3.05) is 25.6 Å². The Kier molecular flexibility index (Phi) is 4.59. The number of ether oxygens (including phenoxy) is 2. The van der Waals surface area contributed by atoms with Crippen LogP contribution in [-0.4, -0.2) is 26.2 Å². The molecule has 1 aliphatic heterocycles.